The molecule has 1 aliphatic rings. The molecular weight excluding hydrogens is 310 g/mol. The van der Waals surface area contributed by atoms with Crippen molar-refractivity contribution in [1.82, 2.24) is 4.98 Å². The van der Waals surface area contributed by atoms with E-state index in [1.165, 1.54) is 31.2 Å². The van der Waals surface area contributed by atoms with E-state index in [4.69, 9.17) is 5.73 Å². The van der Waals surface area contributed by atoms with E-state index < -0.39 is 0 Å². The van der Waals surface area contributed by atoms with Gasteiger partial charge >= 0.3 is 0 Å². The number of pyridine rings is 1. The highest BCUT2D eigenvalue weighted by Crippen LogP contribution is 2.18. The van der Waals surface area contributed by atoms with Crippen molar-refractivity contribution in [2.75, 3.05) is 23.3 Å². The second-order valence-electron chi connectivity index (χ2n) is 6.62. The Hall–Kier alpha value is -2.56. The molecule has 0 radical (unpaired) electrons. The third kappa shape index (κ3) is 5.21. The average molecular weight is 337 g/mol. The van der Waals surface area contributed by atoms with Crippen LogP contribution in [0.1, 0.15) is 36.8 Å². The fraction of sp³-hybridized carbons (Fsp3) is 0.400. The molecule has 2 heterocycles. The van der Waals surface area contributed by atoms with Crippen LogP contribution in [-0.4, -0.2) is 24.0 Å². The fourth-order valence-corrected chi connectivity index (χ4v) is 3.03. The van der Waals surface area contributed by atoms with Gasteiger partial charge in [-0.05, 0) is 49.6 Å². The van der Waals surface area contributed by atoms with Crippen LogP contribution in [0, 0.1) is 6.92 Å². The molecule has 3 N–H and O–H groups in total. The maximum absolute atomic E-state index is 6.01. The second-order valence-corrected chi connectivity index (χ2v) is 6.62. The highest BCUT2D eigenvalue weighted by Gasteiger charge is 2.11. The number of nitrogens with one attached hydrogen (secondary N) is 1. The molecule has 1 aromatic carbocycles. The molecule has 2 aromatic rings. The van der Waals surface area contributed by atoms with Crippen LogP contribution in [-0.2, 0) is 6.54 Å². The van der Waals surface area contributed by atoms with Crippen LogP contribution in [0.4, 0.5) is 11.5 Å². The van der Waals surface area contributed by atoms with Gasteiger partial charge in [-0.3, -0.25) is 0 Å². The van der Waals surface area contributed by atoms with E-state index in [2.05, 4.69) is 33.2 Å². The Morgan fingerprint density at radius 2 is 1.84 bits per heavy atom. The topological polar surface area (TPSA) is 66.5 Å². The van der Waals surface area contributed by atoms with Crippen molar-refractivity contribution in [2.24, 2.45) is 10.7 Å². The number of rotatable bonds is 4. The number of nitrogens with two attached hydrogens (primary N) is 1. The highest BCUT2D eigenvalue weighted by molar-refractivity contribution is 5.92. The first kappa shape index (κ1) is 17.3. The molecule has 5 nitrogen and oxygen atoms in total. The Bertz CT molecular complexity index is 700. The summed E-state index contributed by atoms with van der Waals surface area (Å²) < 4.78 is 0. The van der Waals surface area contributed by atoms with E-state index in [9.17, 15) is 0 Å². The minimum atomic E-state index is 0.428. The Kier molecular flexibility index (Phi) is 5.88. The standard InChI is InChI=1S/C20H27N5/c1-16-6-8-18(9-7-16)24-20(21)23-15-17-10-11-22-19(14-17)25-12-4-2-3-5-13-25/h6-11,14H,2-5,12-13,15H2,1H3,(H3,21,23,24). The maximum atomic E-state index is 6.01. The SMILES string of the molecule is Cc1ccc(NC(N)=NCc2ccnc(N3CCCCCC3)c2)cc1. The summed E-state index contributed by atoms with van der Waals surface area (Å²) in [5.74, 6) is 1.48. The second kappa shape index (κ2) is 8.51. The molecule has 0 saturated carbocycles. The van der Waals surface area contributed by atoms with Crippen molar-refractivity contribution in [2.45, 2.75) is 39.2 Å². The third-order valence-corrected chi connectivity index (χ3v) is 4.50. The number of hydrogen-bond acceptors (Lipinski definition) is 3. The zero-order valence-electron chi connectivity index (χ0n) is 14.9. The van der Waals surface area contributed by atoms with Gasteiger partial charge in [0, 0.05) is 25.0 Å². The summed E-state index contributed by atoms with van der Waals surface area (Å²) in [6.07, 6.45) is 7.01. The fourth-order valence-electron chi connectivity index (χ4n) is 3.03. The summed E-state index contributed by atoms with van der Waals surface area (Å²) in [6, 6.07) is 12.2. The summed E-state index contributed by atoms with van der Waals surface area (Å²) in [5.41, 5.74) is 9.31. The van der Waals surface area contributed by atoms with Crippen molar-refractivity contribution >= 4 is 17.5 Å². The summed E-state index contributed by atoms with van der Waals surface area (Å²) in [4.78, 5) is 11.4. The van der Waals surface area contributed by atoms with Gasteiger partial charge in [0.2, 0.25) is 0 Å². The molecule has 132 valence electrons. The van der Waals surface area contributed by atoms with Crippen LogP contribution < -0.4 is 16.0 Å². The Balaban J connectivity index is 1.62. The molecule has 1 aromatic heterocycles. The van der Waals surface area contributed by atoms with Crippen LogP contribution in [0.5, 0.6) is 0 Å². The minimum Gasteiger partial charge on any atom is -0.370 e. The molecule has 25 heavy (non-hydrogen) atoms. The molecular formula is C20H27N5. The lowest BCUT2D eigenvalue weighted by atomic mass is 10.2. The summed E-state index contributed by atoms with van der Waals surface area (Å²) in [6.45, 7) is 4.80. The van der Waals surface area contributed by atoms with Gasteiger partial charge in [0.05, 0.1) is 6.54 Å². The van der Waals surface area contributed by atoms with E-state index in [1.807, 2.05) is 36.5 Å². The molecule has 0 spiro atoms. The number of anilines is 2. The van der Waals surface area contributed by atoms with Crippen LogP contribution in [0.25, 0.3) is 0 Å². The number of aryl methyl sites for hydroxylation is 1. The molecule has 0 bridgehead atoms. The van der Waals surface area contributed by atoms with Crippen molar-refractivity contribution in [3.8, 4) is 0 Å². The lowest BCUT2D eigenvalue weighted by molar-refractivity contribution is 0.726. The minimum absolute atomic E-state index is 0.428. The van der Waals surface area contributed by atoms with Crippen LogP contribution >= 0.6 is 0 Å². The van der Waals surface area contributed by atoms with Gasteiger partial charge in [-0.25, -0.2) is 9.98 Å². The molecule has 0 unspecified atom stereocenters. The molecule has 0 atom stereocenters. The third-order valence-electron chi connectivity index (χ3n) is 4.50. The number of hydrogen-bond donors (Lipinski definition) is 2. The van der Waals surface area contributed by atoms with Crippen molar-refractivity contribution in [1.29, 1.82) is 0 Å². The van der Waals surface area contributed by atoms with Gasteiger partial charge in [-0.2, -0.15) is 0 Å². The molecule has 1 saturated heterocycles. The van der Waals surface area contributed by atoms with Crippen molar-refractivity contribution in [3.05, 3.63) is 53.7 Å². The van der Waals surface area contributed by atoms with E-state index in [-0.39, 0.29) is 0 Å². The normalized spacial score (nSPS) is 15.7. The van der Waals surface area contributed by atoms with E-state index in [0.717, 1.165) is 30.2 Å². The smallest absolute Gasteiger partial charge is 0.193 e. The molecule has 3 rings (SSSR count). The monoisotopic (exact) mass is 337 g/mol. The van der Waals surface area contributed by atoms with Gasteiger partial charge in [0.15, 0.2) is 5.96 Å². The number of guanidine groups is 1. The Morgan fingerprint density at radius 3 is 2.56 bits per heavy atom. The molecule has 0 amide bonds. The first-order valence-electron chi connectivity index (χ1n) is 9.04. The predicted octanol–water partition coefficient (Wildman–Crippen LogP) is 3.70. The summed E-state index contributed by atoms with van der Waals surface area (Å²) in [7, 11) is 0. The predicted molar refractivity (Wildman–Crippen MR) is 105 cm³/mol. The molecule has 5 heteroatoms. The zero-order chi connectivity index (χ0) is 17.5. The van der Waals surface area contributed by atoms with Crippen LogP contribution in [0.2, 0.25) is 0 Å². The van der Waals surface area contributed by atoms with Crippen molar-refractivity contribution in [3.63, 3.8) is 0 Å². The van der Waals surface area contributed by atoms with Gasteiger partial charge < -0.3 is 16.0 Å². The lowest BCUT2D eigenvalue weighted by Gasteiger charge is -2.21. The first-order valence-corrected chi connectivity index (χ1v) is 9.04. The molecule has 1 aliphatic heterocycles. The molecule has 1 fully saturated rings. The largest absolute Gasteiger partial charge is 0.370 e. The van der Waals surface area contributed by atoms with E-state index in [0.29, 0.717) is 12.5 Å². The maximum Gasteiger partial charge on any atom is 0.193 e. The van der Waals surface area contributed by atoms with Gasteiger partial charge in [0.25, 0.3) is 0 Å². The zero-order valence-corrected chi connectivity index (χ0v) is 14.9. The molecule has 0 aliphatic carbocycles. The van der Waals surface area contributed by atoms with Gasteiger partial charge in [-0.15, -0.1) is 0 Å². The quantitative estimate of drug-likeness (QED) is 0.659. The number of benzene rings is 1. The highest BCUT2D eigenvalue weighted by atomic mass is 15.2. The number of aromatic nitrogens is 1. The summed E-state index contributed by atoms with van der Waals surface area (Å²) in [5, 5.41) is 3.13. The Labute approximate surface area is 150 Å². The van der Waals surface area contributed by atoms with Gasteiger partial charge in [-0.1, -0.05) is 30.5 Å². The van der Waals surface area contributed by atoms with Crippen molar-refractivity contribution < 1.29 is 0 Å². The Morgan fingerprint density at radius 1 is 1.12 bits per heavy atom. The van der Waals surface area contributed by atoms with Crippen LogP contribution in [0.3, 0.4) is 0 Å². The van der Waals surface area contributed by atoms with E-state index in [1.54, 1.807) is 0 Å². The first-order chi connectivity index (χ1) is 12.2. The number of nitrogens with zero attached hydrogens (tertiary/aromatic N) is 3. The summed E-state index contributed by atoms with van der Waals surface area (Å²) >= 11 is 0. The van der Waals surface area contributed by atoms with Gasteiger partial charge in [0.1, 0.15) is 5.82 Å². The number of aliphatic imine (C=N–C) groups is 1. The average Bonchev–Trinajstić information content (AvgIpc) is 2.92. The lowest BCUT2D eigenvalue weighted by Crippen LogP contribution is -2.25. The van der Waals surface area contributed by atoms with E-state index >= 15 is 0 Å². The van der Waals surface area contributed by atoms with Crippen LogP contribution in [0.15, 0.2) is 47.6 Å².